The van der Waals surface area contributed by atoms with E-state index in [1.54, 1.807) is 0 Å². The first kappa shape index (κ1) is 12.5. The van der Waals surface area contributed by atoms with Crippen molar-refractivity contribution in [3.05, 3.63) is 0 Å². The van der Waals surface area contributed by atoms with Crippen LogP contribution in [0.3, 0.4) is 0 Å². The van der Waals surface area contributed by atoms with Gasteiger partial charge in [-0.2, -0.15) is 0 Å². The van der Waals surface area contributed by atoms with Crippen molar-refractivity contribution < 1.29 is 9.53 Å². The minimum absolute atomic E-state index is 0.0394. The number of carbonyl (C=O) groups excluding carboxylic acids is 1. The third-order valence-electron chi connectivity index (χ3n) is 3.10. The molecule has 1 saturated heterocycles. The average Bonchev–Trinajstić information content (AvgIpc) is 2.29. The molecule has 0 bridgehead atoms. The summed E-state index contributed by atoms with van der Waals surface area (Å²) in [5.41, 5.74) is 0. The molecule has 0 aromatic rings. The van der Waals surface area contributed by atoms with Gasteiger partial charge in [0, 0.05) is 6.54 Å². The fourth-order valence-corrected chi connectivity index (χ4v) is 2.25. The van der Waals surface area contributed by atoms with E-state index < -0.39 is 0 Å². The summed E-state index contributed by atoms with van der Waals surface area (Å²) in [6.07, 6.45) is 5.89. The highest BCUT2D eigenvalue weighted by atomic mass is 16.5. The van der Waals surface area contributed by atoms with E-state index in [2.05, 4.69) is 11.8 Å². The van der Waals surface area contributed by atoms with Crippen molar-refractivity contribution in [1.82, 2.24) is 4.90 Å². The van der Waals surface area contributed by atoms with Crippen molar-refractivity contribution in [3.8, 4) is 0 Å². The van der Waals surface area contributed by atoms with Crippen molar-refractivity contribution in [2.75, 3.05) is 26.7 Å². The third-order valence-corrected chi connectivity index (χ3v) is 3.10. The van der Waals surface area contributed by atoms with E-state index in [9.17, 15) is 4.79 Å². The first-order valence-corrected chi connectivity index (χ1v) is 6.08. The normalized spacial score (nSPS) is 19.9. The lowest BCUT2D eigenvalue weighted by atomic mass is 10.0. The van der Waals surface area contributed by atoms with Crippen LogP contribution in [0.25, 0.3) is 0 Å². The maximum absolute atomic E-state index is 11.5. The van der Waals surface area contributed by atoms with Crippen LogP contribution < -0.4 is 0 Å². The summed E-state index contributed by atoms with van der Waals surface area (Å²) < 4.78 is 4.84. The van der Waals surface area contributed by atoms with Crippen LogP contribution >= 0.6 is 0 Å². The number of methoxy groups -OCH3 is 1. The van der Waals surface area contributed by atoms with Crippen LogP contribution in [0, 0.1) is 5.92 Å². The van der Waals surface area contributed by atoms with Gasteiger partial charge in [0.1, 0.15) is 0 Å². The second-order valence-electron chi connectivity index (χ2n) is 4.37. The van der Waals surface area contributed by atoms with Gasteiger partial charge in [0.05, 0.1) is 13.0 Å². The minimum atomic E-state index is -0.0394. The highest BCUT2D eigenvalue weighted by Crippen LogP contribution is 2.15. The Hall–Kier alpha value is -0.570. The molecule has 3 heteroatoms. The molecule has 0 amide bonds. The molecule has 1 fully saturated rings. The maximum Gasteiger partial charge on any atom is 0.309 e. The first-order valence-electron chi connectivity index (χ1n) is 6.08. The summed E-state index contributed by atoms with van der Waals surface area (Å²) in [5.74, 6) is 0.0422. The molecule has 1 rings (SSSR count). The number of piperidine rings is 1. The Kier molecular flexibility index (Phi) is 5.69. The predicted octanol–water partition coefficient (Wildman–Crippen LogP) is 2.06. The molecule has 0 aromatic heterocycles. The summed E-state index contributed by atoms with van der Waals surface area (Å²) >= 11 is 0. The smallest absolute Gasteiger partial charge is 0.309 e. The Morgan fingerprint density at radius 3 is 2.53 bits per heavy atom. The SMILES string of the molecule is CCCC(CN1CCCCC1)C(=O)OC. The summed E-state index contributed by atoms with van der Waals surface area (Å²) in [5, 5.41) is 0. The van der Waals surface area contributed by atoms with Gasteiger partial charge in [0.15, 0.2) is 0 Å². The number of rotatable bonds is 5. The lowest BCUT2D eigenvalue weighted by Crippen LogP contribution is -2.37. The molecule has 0 radical (unpaired) electrons. The maximum atomic E-state index is 11.5. The van der Waals surface area contributed by atoms with E-state index in [0.29, 0.717) is 0 Å². The molecule has 3 nitrogen and oxygen atoms in total. The van der Waals surface area contributed by atoms with Crippen molar-refractivity contribution in [1.29, 1.82) is 0 Å². The van der Waals surface area contributed by atoms with Crippen LogP contribution in [-0.2, 0) is 9.53 Å². The largest absolute Gasteiger partial charge is 0.469 e. The predicted molar refractivity (Wildman–Crippen MR) is 60.7 cm³/mol. The standard InChI is InChI=1S/C12H23NO2/c1-3-7-11(12(14)15-2)10-13-8-5-4-6-9-13/h11H,3-10H2,1-2H3. The lowest BCUT2D eigenvalue weighted by molar-refractivity contribution is -0.146. The van der Waals surface area contributed by atoms with Gasteiger partial charge in [-0.25, -0.2) is 0 Å². The molecule has 0 spiro atoms. The quantitative estimate of drug-likeness (QED) is 0.655. The molecule has 15 heavy (non-hydrogen) atoms. The molecule has 0 saturated carbocycles. The zero-order valence-corrected chi connectivity index (χ0v) is 10.00. The van der Waals surface area contributed by atoms with Gasteiger partial charge in [0.25, 0.3) is 0 Å². The Morgan fingerprint density at radius 2 is 2.00 bits per heavy atom. The molecule has 0 aromatic carbocycles. The van der Waals surface area contributed by atoms with Crippen LogP contribution in [0.5, 0.6) is 0 Å². The van der Waals surface area contributed by atoms with E-state index >= 15 is 0 Å². The highest BCUT2D eigenvalue weighted by Gasteiger charge is 2.22. The van der Waals surface area contributed by atoms with E-state index in [4.69, 9.17) is 4.74 Å². The fourth-order valence-electron chi connectivity index (χ4n) is 2.25. The van der Waals surface area contributed by atoms with Crippen LogP contribution in [-0.4, -0.2) is 37.6 Å². The summed E-state index contributed by atoms with van der Waals surface area (Å²) in [6, 6.07) is 0. The molecule has 0 aliphatic carbocycles. The fraction of sp³-hybridized carbons (Fsp3) is 0.917. The lowest BCUT2D eigenvalue weighted by Gasteiger charge is -2.29. The second-order valence-corrected chi connectivity index (χ2v) is 4.37. The number of nitrogens with zero attached hydrogens (tertiary/aromatic N) is 1. The van der Waals surface area contributed by atoms with Gasteiger partial charge in [-0.1, -0.05) is 19.8 Å². The van der Waals surface area contributed by atoms with Crippen molar-refractivity contribution in [2.45, 2.75) is 39.0 Å². The topological polar surface area (TPSA) is 29.5 Å². The zero-order chi connectivity index (χ0) is 11.1. The van der Waals surface area contributed by atoms with Gasteiger partial charge >= 0.3 is 5.97 Å². The van der Waals surface area contributed by atoms with Gasteiger partial charge in [-0.05, 0) is 32.4 Å². The van der Waals surface area contributed by atoms with Gasteiger partial charge < -0.3 is 9.64 Å². The Balaban J connectivity index is 2.38. The second kappa shape index (κ2) is 6.83. The van der Waals surface area contributed by atoms with E-state index in [-0.39, 0.29) is 11.9 Å². The molecule has 1 atom stereocenters. The summed E-state index contributed by atoms with van der Waals surface area (Å²) in [4.78, 5) is 13.9. The Bertz CT molecular complexity index is 188. The van der Waals surface area contributed by atoms with Gasteiger partial charge in [-0.3, -0.25) is 4.79 Å². The first-order chi connectivity index (χ1) is 7.27. The van der Waals surface area contributed by atoms with Crippen LogP contribution in [0.2, 0.25) is 0 Å². The van der Waals surface area contributed by atoms with E-state index in [1.165, 1.54) is 26.4 Å². The Morgan fingerprint density at radius 1 is 1.33 bits per heavy atom. The van der Waals surface area contributed by atoms with E-state index in [1.807, 2.05) is 0 Å². The number of hydrogen-bond acceptors (Lipinski definition) is 3. The van der Waals surface area contributed by atoms with E-state index in [0.717, 1.165) is 32.5 Å². The zero-order valence-electron chi connectivity index (χ0n) is 10.00. The number of esters is 1. The molecule has 1 aliphatic heterocycles. The molecule has 1 heterocycles. The van der Waals surface area contributed by atoms with Gasteiger partial charge in [-0.15, -0.1) is 0 Å². The monoisotopic (exact) mass is 213 g/mol. The highest BCUT2D eigenvalue weighted by molar-refractivity contribution is 5.72. The third kappa shape index (κ3) is 4.20. The molecular formula is C12H23NO2. The number of likely N-dealkylation sites (tertiary alicyclic amines) is 1. The molecular weight excluding hydrogens is 190 g/mol. The number of ether oxygens (including phenoxy) is 1. The summed E-state index contributed by atoms with van der Waals surface area (Å²) in [6.45, 7) is 5.31. The van der Waals surface area contributed by atoms with Gasteiger partial charge in [0.2, 0.25) is 0 Å². The van der Waals surface area contributed by atoms with Crippen LogP contribution in [0.4, 0.5) is 0 Å². The van der Waals surface area contributed by atoms with Crippen LogP contribution in [0.15, 0.2) is 0 Å². The Labute approximate surface area is 92.8 Å². The van der Waals surface area contributed by atoms with Crippen molar-refractivity contribution >= 4 is 5.97 Å². The minimum Gasteiger partial charge on any atom is -0.469 e. The number of hydrogen-bond donors (Lipinski definition) is 0. The average molecular weight is 213 g/mol. The van der Waals surface area contributed by atoms with Crippen molar-refractivity contribution in [2.24, 2.45) is 5.92 Å². The summed E-state index contributed by atoms with van der Waals surface area (Å²) in [7, 11) is 1.49. The molecule has 0 N–H and O–H groups in total. The van der Waals surface area contributed by atoms with Crippen LogP contribution in [0.1, 0.15) is 39.0 Å². The number of carbonyl (C=O) groups is 1. The molecule has 1 unspecified atom stereocenters. The molecule has 88 valence electrons. The van der Waals surface area contributed by atoms with Crippen molar-refractivity contribution in [3.63, 3.8) is 0 Å². The molecule has 1 aliphatic rings.